The van der Waals surface area contributed by atoms with Crippen LogP contribution in [-0.2, 0) is 16.0 Å². The van der Waals surface area contributed by atoms with Crippen LogP contribution in [0.5, 0.6) is 0 Å². The number of aryl methyl sites for hydroxylation is 1. The summed E-state index contributed by atoms with van der Waals surface area (Å²) in [6, 6.07) is 0. The molecule has 5 heteroatoms. The summed E-state index contributed by atoms with van der Waals surface area (Å²) in [7, 11) is 3.90. The van der Waals surface area contributed by atoms with E-state index in [1.807, 2.05) is 31.3 Å². The van der Waals surface area contributed by atoms with Gasteiger partial charge in [0.25, 0.3) is 0 Å². The minimum absolute atomic E-state index is 0.156. The smallest absolute Gasteiger partial charge is 0.306 e. The maximum absolute atomic E-state index is 11.1. The van der Waals surface area contributed by atoms with Crippen molar-refractivity contribution >= 4 is 22.4 Å². The van der Waals surface area contributed by atoms with Gasteiger partial charge in [0.05, 0.1) is 18.7 Å². The van der Waals surface area contributed by atoms with Crippen LogP contribution in [0.2, 0.25) is 0 Å². The Kier molecular flexibility index (Phi) is 4.55. The molecule has 0 aliphatic heterocycles. The predicted octanol–water partition coefficient (Wildman–Crippen LogP) is 1.70. The van der Waals surface area contributed by atoms with Gasteiger partial charge in [-0.2, -0.15) is 0 Å². The van der Waals surface area contributed by atoms with Gasteiger partial charge in [-0.05, 0) is 6.92 Å². The highest BCUT2D eigenvalue weighted by molar-refractivity contribution is 7.13. The summed E-state index contributed by atoms with van der Waals surface area (Å²) in [5, 5.41) is 2.95. The molecule has 4 nitrogen and oxygen atoms in total. The van der Waals surface area contributed by atoms with Crippen LogP contribution < -0.4 is 4.90 Å². The number of aromatic nitrogens is 1. The first-order valence-electron chi connectivity index (χ1n) is 4.90. The summed E-state index contributed by atoms with van der Waals surface area (Å²) in [5.41, 5.74) is 0.955. The van der Waals surface area contributed by atoms with E-state index in [9.17, 15) is 4.79 Å². The number of ether oxygens (including phenoxy) is 1. The Morgan fingerprint density at radius 3 is 2.87 bits per heavy atom. The highest BCUT2D eigenvalue weighted by Crippen LogP contribution is 2.18. The number of anilines is 1. The zero-order chi connectivity index (χ0) is 11.3. The molecule has 0 radical (unpaired) electrons. The monoisotopic (exact) mass is 228 g/mol. The van der Waals surface area contributed by atoms with Gasteiger partial charge in [0, 0.05) is 25.9 Å². The van der Waals surface area contributed by atoms with Crippen molar-refractivity contribution in [2.75, 3.05) is 25.6 Å². The third kappa shape index (κ3) is 3.87. The quantitative estimate of drug-likeness (QED) is 0.719. The van der Waals surface area contributed by atoms with Crippen LogP contribution in [0.3, 0.4) is 0 Å². The highest BCUT2D eigenvalue weighted by atomic mass is 32.1. The molecule has 0 aromatic carbocycles. The van der Waals surface area contributed by atoms with Crippen molar-refractivity contribution < 1.29 is 9.53 Å². The minimum atomic E-state index is -0.156. The van der Waals surface area contributed by atoms with Crippen LogP contribution in [0.1, 0.15) is 19.0 Å². The second kappa shape index (κ2) is 5.70. The number of rotatable bonds is 5. The minimum Gasteiger partial charge on any atom is -0.466 e. The highest BCUT2D eigenvalue weighted by Gasteiger charge is 2.06. The Hall–Kier alpha value is -1.10. The first kappa shape index (κ1) is 12.0. The summed E-state index contributed by atoms with van der Waals surface area (Å²) in [5.74, 6) is -0.156. The number of hydrogen-bond acceptors (Lipinski definition) is 5. The Morgan fingerprint density at radius 1 is 1.60 bits per heavy atom. The molecule has 0 saturated heterocycles. The van der Waals surface area contributed by atoms with Crippen molar-refractivity contribution in [3.05, 3.63) is 11.1 Å². The van der Waals surface area contributed by atoms with E-state index in [2.05, 4.69) is 4.98 Å². The first-order valence-corrected chi connectivity index (χ1v) is 5.78. The molecule has 0 bridgehead atoms. The number of nitrogens with zero attached hydrogens (tertiary/aromatic N) is 2. The van der Waals surface area contributed by atoms with E-state index < -0.39 is 0 Å². The Bertz CT molecular complexity index is 323. The van der Waals surface area contributed by atoms with Crippen molar-refractivity contribution in [2.24, 2.45) is 0 Å². The Morgan fingerprint density at radius 2 is 2.33 bits per heavy atom. The molecule has 84 valence electrons. The van der Waals surface area contributed by atoms with Crippen LogP contribution in [0.4, 0.5) is 5.13 Å². The second-order valence-corrected chi connectivity index (χ2v) is 4.16. The molecule has 0 amide bonds. The van der Waals surface area contributed by atoms with Gasteiger partial charge in [-0.15, -0.1) is 11.3 Å². The summed E-state index contributed by atoms with van der Waals surface area (Å²) >= 11 is 1.59. The molecule has 0 saturated carbocycles. The van der Waals surface area contributed by atoms with Gasteiger partial charge in [-0.1, -0.05) is 0 Å². The average Bonchev–Trinajstić information content (AvgIpc) is 2.63. The molecule has 15 heavy (non-hydrogen) atoms. The normalized spacial score (nSPS) is 10.1. The maximum atomic E-state index is 11.1. The van der Waals surface area contributed by atoms with Crippen molar-refractivity contribution in [1.82, 2.24) is 4.98 Å². The molecule has 1 aromatic rings. The third-order valence-electron chi connectivity index (χ3n) is 1.81. The maximum Gasteiger partial charge on any atom is 0.306 e. The van der Waals surface area contributed by atoms with Crippen LogP contribution in [0.25, 0.3) is 0 Å². The number of carbonyl (C=O) groups is 1. The lowest BCUT2D eigenvalue weighted by molar-refractivity contribution is -0.143. The van der Waals surface area contributed by atoms with Crippen LogP contribution in [0.15, 0.2) is 5.38 Å². The first-order chi connectivity index (χ1) is 7.13. The zero-order valence-corrected chi connectivity index (χ0v) is 10.1. The topological polar surface area (TPSA) is 42.4 Å². The van der Waals surface area contributed by atoms with Crippen LogP contribution in [0, 0.1) is 0 Å². The molecule has 0 fully saturated rings. The van der Waals surface area contributed by atoms with Gasteiger partial charge in [-0.3, -0.25) is 4.79 Å². The number of carbonyl (C=O) groups excluding carboxylic acids is 1. The largest absolute Gasteiger partial charge is 0.466 e. The molecule has 0 aliphatic rings. The predicted molar refractivity (Wildman–Crippen MR) is 61.4 cm³/mol. The summed E-state index contributed by atoms with van der Waals surface area (Å²) < 4.78 is 4.84. The Labute approximate surface area is 93.9 Å². The molecule has 1 rings (SSSR count). The van der Waals surface area contributed by atoms with E-state index in [0.717, 1.165) is 10.8 Å². The lowest BCUT2D eigenvalue weighted by Gasteiger charge is -2.05. The molecule has 0 unspecified atom stereocenters. The molecular weight excluding hydrogens is 212 g/mol. The molecule has 1 heterocycles. The van der Waals surface area contributed by atoms with Gasteiger partial charge in [0.1, 0.15) is 0 Å². The van der Waals surface area contributed by atoms with Crippen molar-refractivity contribution in [3.8, 4) is 0 Å². The van der Waals surface area contributed by atoms with E-state index in [1.54, 1.807) is 11.3 Å². The molecule has 0 spiro atoms. The summed E-state index contributed by atoms with van der Waals surface area (Å²) in [6.07, 6.45) is 1.06. The van der Waals surface area contributed by atoms with Gasteiger partial charge in [-0.25, -0.2) is 4.98 Å². The molecular formula is C10H16N2O2S. The van der Waals surface area contributed by atoms with Crippen molar-refractivity contribution in [3.63, 3.8) is 0 Å². The van der Waals surface area contributed by atoms with Crippen molar-refractivity contribution in [2.45, 2.75) is 19.8 Å². The van der Waals surface area contributed by atoms with Crippen LogP contribution >= 0.6 is 11.3 Å². The van der Waals surface area contributed by atoms with Crippen molar-refractivity contribution in [1.29, 1.82) is 0 Å². The average molecular weight is 228 g/mol. The standard InChI is InChI=1S/C10H16N2O2S/c1-4-14-9(13)6-5-8-7-15-10(11-8)12(2)3/h7H,4-6H2,1-3H3. The van der Waals surface area contributed by atoms with Gasteiger partial charge in [0.15, 0.2) is 5.13 Å². The van der Waals surface area contributed by atoms with E-state index in [4.69, 9.17) is 4.74 Å². The third-order valence-corrected chi connectivity index (χ3v) is 2.87. The Balaban J connectivity index is 2.41. The SMILES string of the molecule is CCOC(=O)CCc1csc(N(C)C)n1. The fourth-order valence-corrected chi connectivity index (χ4v) is 1.87. The lowest BCUT2D eigenvalue weighted by atomic mass is 10.2. The number of thiazole rings is 1. The van der Waals surface area contributed by atoms with E-state index in [0.29, 0.717) is 19.4 Å². The molecule has 1 aromatic heterocycles. The summed E-state index contributed by atoms with van der Waals surface area (Å²) in [4.78, 5) is 17.4. The van der Waals surface area contributed by atoms with Gasteiger partial charge in [0.2, 0.25) is 0 Å². The molecule has 0 aliphatic carbocycles. The molecule has 0 atom stereocenters. The lowest BCUT2D eigenvalue weighted by Crippen LogP contribution is -2.08. The fraction of sp³-hybridized carbons (Fsp3) is 0.600. The van der Waals surface area contributed by atoms with E-state index in [1.165, 1.54) is 0 Å². The fourth-order valence-electron chi connectivity index (χ4n) is 1.08. The van der Waals surface area contributed by atoms with Gasteiger partial charge < -0.3 is 9.64 Å². The number of esters is 1. The zero-order valence-electron chi connectivity index (χ0n) is 9.32. The van der Waals surface area contributed by atoms with Gasteiger partial charge >= 0.3 is 5.97 Å². The van der Waals surface area contributed by atoms with E-state index in [-0.39, 0.29) is 5.97 Å². The summed E-state index contributed by atoms with van der Waals surface area (Å²) in [6.45, 7) is 2.25. The van der Waals surface area contributed by atoms with Crippen LogP contribution in [-0.4, -0.2) is 31.7 Å². The van der Waals surface area contributed by atoms with E-state index >= 15 is 0 Å². The second-order valence-electron chi connectivity index (χ2n) is 3.32. The number of hydrogen-bond donors (Lipinski definition) is 0. The molecule has 0 N–H and O–H groups in total.